The molecule has 1 aromatic carbocycles. The van der Waals surface area contributed by atoms with Gasteiger partial charge < -0.3 is 10.0 Å². The monoisotopic (exact) mass is 367 g/mol. The first kappa shape index (κ1) is 17.8. The van der Waals surface area contributed by atoms with E-state index in [1.807, 2.05) is 39.9 Å². The zero-order chi connectivity index (χ0) is 18.8. The molecule has 1 saturated heterocycles. The van der Waals surface area contributed by atoms with Crippen LogP contribution >= 0.6 is 0 Å². The zero-order valence-electron chi connectivity index (χ0n) is 15.4. The highest BCUT2D eigenvalue weighted by Crippen LogP contribution is 2.30. The summed E-state index contributed by atoms with van der Waals surface area (Å²) in [6, 6.07) is 9.98. The number of hydrogen-bond acceptors (Lipinski definition) is 3. The molecule has 1 fully saturated rings. The number of carboxylic acid groups (broad SMARTS) is 1. The van der Waals surface area contributed by atoms with Crippen molar-refractivity contribution < 1.29 is 14.7 Å². The Kier molecular flexibility index (Phi) is 4.97. The minimum atomic E-state index is -0.766. The summed E-state index contributed by atoms with van der Waals surface area (Å²) in [6.45, 7) is 1.37. The first-order valence-electron chi connectivity index (χ1n) is 9.80. The number of likely N-dealkylation sites (tertiary alicyclic amines) is 1. The third-order valence-corrected chi connectivity index (χ3v) is 5.71. The second-order valence-electron chi connectivity index (χ2n) is 7.57. The summed E-state index contributed by atoms with van der Waals surface area (Å²) in [5.74, 6) is -0.496. The van der Waals surface area contributed by atoms with Crippen LogP contribution in [0.5, 0.6) is 0 Å². The van der Waals surface area contributed by atoms with Crippen molar-refractivity contribution in [2.75, 3.05) is 13.1 Å². The van der Waals surface area contributed by atoms with E-state index in [0.717, 1.165) is 55.6 Å². The highest BCUT2D eigenvalue weighted by atomic mass is 16.4. The van der Waals surface area contributed by atoms with Crippen LogP contribution in [0.25, 0.3) is 5.69 Å². The van der Waals surface area contributed by atoms with Gasteiger partial charge >= 0.3 is 5.97 Å². The van der Waals surface area contributed by atoms with Crippen LogP contribution in [0.15, 0.2) is 30.3 Å². The molecule has 0 bridgehead atoms. The smallest absolute Gasteiger partial charge is 0.303 e. The van der Waals surface area contributed by atoms with Crippen molar-refractivity contribution in [3.05, 3.63) is 47.3 Å². The Balaban J connectivity index is 1.56. The maximum Gasteiger partial charge on any atom is 0.303 e. The quantitative estimate of drug-likeness (QED) is 0.881. The van der Waals surface area contributed by atoms with Crippen molar-refractivity contribution in [1.82, 2.24) is 14.7 Å². The van der Waals surface area contributed by atoms with Gasteiger partial charge in [0.25, 0.3) is 5.91 Å². The van der Waals surface area contributed by atoms with E-state index in [-0.39, 0.29) is 18.2 Å². The topological polar surface area (TPSA) is 75.4 Å². The van der Waals surface area contributed by atoms with E-state index in [9.17, 15) is 9.59 Å². The molecule has 142 valence electrons. The molecule has 4 rings (SSSR count). The highest BCUT2D eigenvalue weighted by Gasteiger charge is 2.31. The molecule has 1 unspecified atom stereocenters. The Labute approximate surface area is 158 Å². The SMILES string of the molecule is O=C(O)CCC1CCCN(C(=O)c2nn(-c3ccccc3)c3c2CCC3)C1. The number of aromatic nitrogens is 2. The molecule has 1 atom stereocenters. The molecule has 2 aromatic rings. The Morgan fingerprint density at radius 1 is 1.15 bits per heavy atom. The number of hydrogen-bond donors (Lipinski definition) is 1. The van der Waals surface area contributed by atoms with E-state index >= 15 is 0 Å². The van der Waals surface area contributed by atoms with Gasteiger partial charge in [-0.15, -0.1) is 0 Å². The lowest BCUT2D eigenvalue weighted by molar-refractivity contribution is -0.137. The van der Waals surface area contributed by atoms with Gasteiger partial charge in [-0.05, 0) is 56.6 Å². The van der Waals surface area contributed by atoms with E-state index in [0.29, 0.717) is 18.7 Å². The predicted molar refractivity (Wildman–Crippen MR) is 101 cm³/mol. The summed E-state index contributed by atoms with van der Waals surface area (Å²) in [5, 5.41) is 13.6. The number of amides is 1. The molecular weight excluding hydrogens is 342 g/mol. The summed E-state index contributed by atoms with van der Waals surface area (Å²) in [5.41, 5.74) is 3.83. The predicted octanol–water partition coefficient (Wildman–Crippen LogP) is 3.08. The number of carboxylic acids is 1. The number of carbonyl (C=O) groups is 2. The molecule has 1 aliphatic heterocycles. The van der Waals surface area contributed by atoms with E-state index in [1.54, 1.807) is 0 Å². The molecule has 1 amide bonds. The van der Waals surface area contributed by atoms with Crippen LogP contribution in [0.1, 0.15) is 53.8 Å². The van der Waals surface area contributed by atoms with Crippen LogP contribution in [-0.2, 0) is 17.6 Å². The largest absolute Gasteiger partial charge is 0.481 e. The third-order valence-electron chi connectivity index (χ3n) is 5.71. The van der Waals surface area contributed by atoms with Gasteiger partial charge in [0.2, 0.25) is 0 Å². The number of fused-ring (bicyclic) bond motifs is 1. The van der Waals surface area contributed by atoms with Gasteiger partial charge in [0.1, 0.15) is 0 Å². The fourth-order valence-corrected chi connectivity index (χ4v) is 4.35. The second kappa shape index (κ2) is 7.55. The Hall–Kier alpha value is -2.63. The van der Waals surface area contributed by atoms with Gasteiger partial charge in [-0.1, -0.05) is 18.2 Å². The number of nitrogens with zero attached hydrogens (tertiary/aromatic N) is 3. The third kappa shape index (κ3) is 3.61. The molecule has 1 aromatic heterocycles. The molecule has 1 aliphatic carbocycles. The molecule has 27 heavy (non-hydrogen) atoms. The molecule has 1 N–H and O–H groups in total. The fraction of sp³-hybridized carbons (Fsp3) is 0.476. The number of aliphatic carboxylic acids is 1. The van der Waals surface area contributed by atoms with Gasteiger partial charge in [-0.2, -0.15) is 5.10 Å². The van der Waals surface area contributed by atoms with Gasteiger partial charge in [0, 0.05) is 30.8 Å². The minimum absolute atomic E-state index is 0.00264. The molecule has 6 heteroatoms. The zero-order valence-corrected chi connectivity index (χ0v) is 15.4. The Bertz CT molecular complexity index is 844. The average Bonchev–Trinajstić information content (AvgIpc) is 3.29. The van der Waals surface area contributed by atoms with Crippen LogP contribution in [0.2, 0.25) is 0 Å². The van der Waals surface area contributed by atoms with E-state index in [4.69, 9.17) is 10.2 Å². The lowest BCUT2D eigenvalue weighted by Crippen LogP contribution is -2.40. The van der Waals surface area contributed by atoms with Crippen molar-refractivity contribution in [2.24, 2.45) is 5.92 Å². The maximum absolute atomic E-state index is 13.2. The number of rotatable bonds is 5. The Morgan fingerprint density at radius 3 is 2.74 bits per heavy atom. The molecular formula is C21H25N3O3. The highest BCUT2D eigenvalue weighted by molar-refractivity contribution is 5.94. The van der Waals surface area contributed by atoms with Crippen LogP contribution < -0.4 is 0 Å². The van der Waals surface area contributed by atoms with Crippen molar-refractivity contribution in [3.63, 3.8) is 0 Å². The fourth-order valence-electron chi connectivity index (χ4n) is 4.35. The molecule has 0 saturated carbocycles. The van der Waals surface area contributed by atoms with E-state index in [2.05, 4.69) is 0 Å². The summed E-state index contributed by atoms with van der Waals surface area (Å²) in [7, 11) is 0. The van der Waals surface area contributed by atoms with Gasteiger partial charge in [-0.25, -0.2) is 4.68 Å². The second-order valence-corrected chi connectivity index (χ2v) is 7.57. The van der Waals surface area contributed by atoms with Crippen molar-refractivity contribution in [2.45, 2.75) is 44.9 Å². The van der Waals surface area contributed by atoms with Crippen LogP contribution in [0.3, 0.4) is 0 Å². The molecule has 0 radical (unpaired) electrons. The number of piperidine rings is 1. The summed E-state index contributed by atoms with van der Waals surface area (Å²) < 4.78 is 1.93. The van der Waals surface area contributed by atoms with E-state index in [1.165, 1.54) is 0 Å². The minimum Gasteiger partial charge on any atom is -0.481 e. The molecule has 2 aliphatic rings. The van der Waals surface area contributed by atoms with Crippen molar-refractivity contribution in [1.29, 1.82) is 0 Å². The Morgan fingerprint density at radius 2 is 1.96 bits per heavy atom. The standard InChI is InChI=1S/C21H25N3O3/c25-19(26)12-11-15-6-5-13-23(14-15)21(27)20-17-9-4-10-18(17)24(22-20)16-7-2-1-3-8-16/h1-3,7-8,15H,4-6,9-14H2,(H,25,26). The summed E-state index contributed by atoms with van der Waals surface area (Å²) in [4.78, 5) is 26.0. The first-order chi connectivity index (χ1) is 13.1. The first-order valence-corrected chi connectivity index (χ1v) is 9.80. The molecule has 2 heterocycles. The lowest BCUT2D eigenvalue weighted by Gasteiger charge is -2.32. The van der Waals surface area contributed by atoms with Crippen LogP contribution in [0.4, 0.5) is 0 Å². The van der Waals surface area contributed by atoms with E-state index < -0.39 is 5.97 Å². The summed E-state index contributed by atoms with van der Waals surface area (Å²) in [6.07, 6.45) is 5.64. The van der Waals surface area contributed by atoms with Crippen molar-refractivity contribution >= 4 is 11.9 Å². The number of carbonyl (C=O) groups excluding carboxylic acids is 1. The molecule has 0 spiro atoms. The molecule has 6 nitrogen and oxygen atoms in total. The van der Waals surface area contributed by atoms with Gasteiger partial charge in [-0.3, -0.25) is 9.59 Å². The van der Waals surface area contributed by atoms with Crippen LogP contribution in [-0.4, -0.2) is 44.8 Å². The van der Waals surface area contributed by atoms with Crippen LogP contribution in [0, 0.1) is 5.92 Å². The lowest BCUT2D eigenvalue weighted by atomic mass is 9.93. The van der Waals surface area contributed by atoms with Gasteiger partial charge in [0.05, 0.1) is 5.69 Å². The maximum atomic E-state index is 13.2. The number of para-hydroxylation sites is 1. The van der Waals surface area contributed by atoms with Gasteiger partial charge in [0.15, 0.2) is 5.69 Å². The summed E-state index contributed by atoms with van der Waals surface area (Å²) >= 11 is 0. The average molecular weight is 367 g/mol. The number of benzene rings is 1. The normalized spacial score (nSPS) is 19.1. The van der Waals surface area contributed by atoms with Crippen molar-refractivity contribution in [3.8, 4) is 5.69 Å².